The largest absolute Gasteiger partial charge is 0.278 e. The number of hydrogen-bond donors (Lipinski definition) is 0. The quantitative estimate of drug-likeness (QED) is 0.704. The maximum absolute atomic E-state index is 4.42. The fourth-order valence-electron chi connectivity index (χ4n) is 2.40. The Hall–Kier alpha value is -1.38. The van der Waals surface area contributed by atoms with Crippen molar-refractivity contribution >= 4 is 5.69 Å². The van der Waals surface area contributed by atoms with E-state index in [0.717, 1.165) is 18.8 Å². The molecule has 0 atom stereocenters. The lowest BCUT2D eigenvalue weighted by Gasteiger charge is -2.22. The molecule has 0 unspecified atom stereocenters. The third kappa shape index (κ3) is 3.05. The molecule has 0 aliphatic carbocycles. The molecule has 1 saturated heterocycles. The third-order valence-corrected chi connectivity index (χ3v) is 3.24. The summed E-state index contributed by atoms with van der Waals surface area (Å²) >= 11 is 0. The zero-order chi connectivity index (χ0) is 12.3. The zero-order valence-corrected chi connectivity index (χ0v) is 11.0. The molecule has 0 saturated carbocycles. The standard InChI is InChI=1S/C14H21N3/c1-11-9-12(2)14(13(3)10-11)15-16-17-7-5-4-6-8-17/h9-10H,4-8H2,1-3H3/b16-15+. The lowest BCUT2D eigenvalue weighted by atomic mass is 10.1. The summed E-state index contributed by atoms with van der Waals surface area (Å²) in [6.45, 7) is 8.42. The molecule has 1 fully saturated rings. The van der Waals surface area contributed by atoms with Gasteiger partial charge in [0.2, 0.25) is 0 Å². The average Bonchev–Trinajstić information content (AvgIpc) is 2.29. The second-order valence-electron chi connectivity index (χ2n) is 4.95. The first kappa shape index (κ1) is 12.1. The van der Waals surface area contributed by atoms with E-state index in [4.69, 9.17) is 0 Å². The summed E-state index contributed by atoms with van der Waals surface area (Å²) in [5.41, 5.74) is 4.74. The van der Waals surface area contributed by atoms with Crippen molar-refractivity contribution in [3.05, 3.63) is 28.8 Å². The van der Waals surface area contributed by atoms with Crippen LogP contribution >= 0.6 is 0 Å². The highest BCUT2D eigenvalue weighted by Crippen LogP contribution is 2.25. The molecule has 0 N–H and O–H groups in total. The Morgan fingerprint density at radius 1 is 0.941 bits per heavy atom. The third-order valence-electron chi connectivity index (χ3n) is 3.24. The van der Waals surface area contributed by atoms with Crippen LogP contribution in [0.3, 0.4) is 0 Å². The van der Waals surface area contributed by atoms with E-state index in [1.54, 1.807) is 0 Å². The summed E-state index contributed by atoms with van der Waals surface area (Å²) in [7, 11) is 0. The summed E-state index contributed by atoms with van der Waals surface area (Å²) in [6, 6.07) is 4.33. The smallest absolute Gasteiger partial charge is 0.0932 e. The highest BCUT2D eigenvalue weighted by atomic mass is 15.5. The zero-order valence-electron chi connectivity index (χ0n) is 11.0. The van der Waals surface area contributed by atoms with Crippen LogP contribution in [0, 0.1) is 20.8 Å². The Morgan fingerprint density at radius 3 is 2.12 bits per heavy atom. The molecule has 1 aliphatic heterocycles. The molecule has 1 aliphatic rings. The molecular formula is C14H21N3. The predicted molar refractivity (Wildman–Crippen MR) is 70.6 cm³/mol. The van der Waals surface area contributed by atoms with Crippen LogP contribution < -0.4 is 0 Å². The fraction of sp³-hybridized carbons (Fsp3) is 0.571. The van der Waals surface area contributed by atoms with Crippen LogP contribution in [0.25, 0.3) is 0 Å². The maximum atomic E-state index is 4.42. The van der Waals surface area contributed by atoms with Crippen LogP contribution in [0.5, 0.6) is 0 Å². The summed E-state index contributed by atoms with van der Waals surface area (Å²) in [5, 5.41) is 10.9. The topological polar surface area (TPSA) is 28.0 Å². The molecule has 3 nitrogen and oxygen atoms in total. The van der Waals surface area contributed by atoms with E-state index in [2.05, 4.69) is 48.3 Å². The van der Waals surface area contributed by atoms with E-state index in [1.807, 2.05) is 0 Å². The minimum absolute atomic E-state index is 1.03. The average molecular weight is 231 g/mol. The van der Waals surface area contributed by atoms with Crippen molar-refractivity contribution in [2.45, 2.75) is 40.0 Å². The van der Waals surface area contributed by atoms with E-state index in [9.17, 15) is 0 Å². The van der Waals surface area contributed by atoms with Crippen LogP contribution in [0.15, 0.2) is 22.5 Å². The van der Waals surface area contributed by atoms with E-state index in [-0.39, 0.29) is 0 Å². The molecule has 92 valence electrons. The van der Waals surface area contributed by atoms with Crippen molar-refractivity contribution in [3.8, 4) is 0 Å². The molecule has 0 amide bonds. The highest BCUT2D eigenvalue weighted by molar-refractivity contribution is 5.53. The van der Waals surface area contributed by atoms with Crippen molar-refractivity contribution in [2.75, 3.05) is 13.1 Å². The van der Waals surface area contributed by atoms with E-state index < -0.39 is 0 Å². The fourth-order valence-corrected chi connectivity index (χ4v) is 2.40. The molecule has 1 aromatic carbocycles. The van der Waals surface area contributed by atoms with Gasteiger partial charge in [0.25, 0.3) is 0 Å². The molecule has 1 aromatic rings. The van der Waals surface area contributed by atoms with E-state index >= 15 is 0 Å². The molecule has 17 heavy (non-hydrogen) atoms. The number of rotatable bonds is 2. The van der Waals surface area contributed by atoms with Crippen LogP contribution in [-0.4, -0.2) is 18.1 Å². The summed E-state index contributed by atoms with van der Waals surface area (Å²) in [5.74, 6) is 0. The molecule has 0 spiro atoms. The van der Waals surface area contributed by atoms with Crippen LogP contribution in [0.2, 0.25) is 0 Å². The lowest BCUT2D eigenvalue weighted by molar-refractivity contribution is 0.224. The van der Waals surface area contributed by atoms with Crippen LogP contribution in [0.4, 0.5) is 5.69 Å². The van der Waals surface area contributed by atoms with Crippen molar-refractivity contribution in [2.24, 2.45) is 10.3 Å². The minimum Gasteiger partial charge on any atom is -0.278 e. The number of piperidine rings is 1. The molecule has 1 heterocycles. The van der Waals surface area contributed by atoms with Gasteiger partial charge in [-0.25, -0.2) is 0 Å². The second kappa shape index (κ2) is 5.30. The first-order valence-corrected chi connectivity index (χ1v) is 6.41. The van der Waals surface area contributed by atoms with Crippen molar-refractivity contribution < 1.29 is 0 Å². The lowest BCUT2D eigenvalue weighted by Crippen LogP contribution is -2.23. The van der Waals surface area contributed by atoms with Gasteiger partial charge in [0, 0.05) is 13.1 Å². The Labute approximate surface area is 104 Å². The number of aryl methyl sites for hydroxylation is 3. The van der Waals surface area contributed by atoms with Gasteiger partial charge < -0.3 is 0 Å². The summed E-state index contributed by atoms with van der Waals surface area (Å²) in [6.07, 6.45) is 3.81. The molecule has 0 bridgehead atoms. The van der Waals surface area contributed by atoms with Gasteiger partial charge in [-0.1, -0.05) is 22.9 Å². The Balaban J connectivity index is 2.14. The van der Waals surface area contributed by atoms with Crippen LogP contribution in [0.1, 0.15) is 36.0 Å². The summed E-state index contributed by atoms with van der Waals surface area (Å²) < 4.78 is 0. The van der Waals surface area contributed by atoms with Gasteiger partial charge in [-0.15, -0.1) is 5.11 Å². The molecule has 0 radical (unpaired) electrons. The number of benzene rings is 1. The second-order valence-corrected chi connectivity index (χ2v) is 4.95. The van der Waals surface area contributed by atoms with Gasteiger partial charge in [-0.2, -0.15) is 0 Å². The number of nitrogens with zero attached hydrogens (tertiary/aromatic N) is 3. The van der Waals surface area contributed by atoms with Crippen molar-refractivity contribution in [1.29, 1.82) is 0 Å². The Kier molecular flexibility index (Phi) is 3.77. The SMILES string of the molecule is Cc1cc(C)c(/N=N/N2CCCCC2)c(C)c1. The van der Waals surface area contributed by atoms with E-state index in [1.165, 1.54) is 36.0 Å². The molecular weight excluding hydrogens is 210 g/mol. The van der Waals surface area contributed by atoms with Gasteiger partial charge in [0.05, 0.1) is 5.69 Å². The van der Waals surface area contributed by atoms with Gasteiger partial charge >= 0.3 is 0 Å². The van der Waals surface area contributed by atoms with Gasteiger partial charge in [-0.3, -0.25) is 5.01 Å². The maximum Gasteiger partial charge on any atom is 0.0932 e. The monoisotopic (exact) mass is 231 g/mol. The molecule has 2 rings (SSSR count). The predicted octanol–water partition coefficient (Wildman–Crippen LogP) is 4.10. The molecule has 3 heteroatoms. The Morgan fingerprint density at radius 2 is 1.53 bits per heavy atom. The number of hydrogen-bond acceptors (Lipinski definition) is 2. The van der Waals surface area contributed by atoms with E-state index in [0.29, 0.717) is 0 Å². The first-order chi connectivity index (χ1) is 8.16. The van der Waals surface area contributed by atoms with Crippen molar-refractivity contribution in [3.63, 3.8) is 0 Å². The highest BCUT2D eigenvalue weighted by Gasteiger charge is 2.08. The minimum atomic E-state index is 1.03. The molecule has 0 aromatic heterocycles. The summed E-state index contributed by atoms with van der Waals surface area (Å²) in [4.78, 5) is 0. The van der Waals surface area contributed by atoms with Gasteiger partial charge in [-0.05, 0) is 51.2 Å². The van der Waals surface area contributed by atoms with Gasteiger partial charge in [0.15, 0.2) is 0 Å². The van der Waals surface area contributed by atoms with Gasteiger partial charge in [0.1, 0.15) is 0 Å². The van der Waals surface area contributed by atoms with Crippen molar-refractivity contribution in [1.82, 2.24) is 5.01 Å². The van der Waals surface area contributed by atoms with Crippen LogP contribution in [-0.2, 0) is 0 Å². The normalized spacial score (nSPS) is 16.8. The Bertz CT molecular complexity index is 394. The first-order valence-electron chi connectivity index (χ1n) is 6.41.